The summed E-state index contributed by atoms with van der Waals surface area (Å²) in [6.45, 7) is 0. The van der Waals surface area contributed by atoms with Crippen LogP contribution in [-0.4, -0.2) is 25.8 Å². The summed E-state index contributed by atoms with van der Waals surface area (Å²) in [7, 11) is 0. The first-order chi connectivity index (χ1) is 8.90. The van der Waals surface area contributed by atoms with Crippen molar-refractivity contribution in [1.82, 2.24) is 14.8 Å². The summed E-state index contributed by atoms with van der Waals surface area (Å²) in [5.74, 6) is -2.47. The molecule has 0 aliphatic heterocycles. The van der Waals surface area contributed by atoms with Gasteiger partial charge in [0.05, 0.1) is 15.7 Å². The van der Waals surface area contributed by atoms with Crippen LogP contribution in [0.5, 0.6) is 0 Å². The molecular formula is C10H6Cl2N4O3. The van der Waals surface area contributed by atoms with E-state index >= 15 is 0 Å². The van der Waals surface area contributed by atoms with Crippen molar-refractivity contribution in [3.8, 4) is 5.69 Å². The normalized spacial score (nSPS) is 10.4. The number of carboxylic acid groups (broad SMARTS) is 1. The molecule has 0 bridgehead atoms. The summed E-state index contributed by atoms with van der Waals surface area (Å²) in [5.41, 5.74) is 4.84. The number of aromatic nitrogens is 3. The fourth-order valence-electron chi connectivity index (χ4n) is 1.32. The molecule has 0 saturated carbocycles. The van der Waals surface area contributed by atoms with Gasteiger partial charge in [0.15, 0.2) is 5.82 Å². The molecule has 0 radical (unpaired) electrons. The minimum atomic E-state index is -1.40. The monoisotopic (exact) mass is 300 g/mol. The van der Waals surface area contributed by atoms with Crippen LogP contribution in [-0.2, 0) is 0 Å². The lowest BCUT2D eigenvalue weighted by Gasteiger charge is -2.07. The maximum Gasteiger partial charge on any atom is 0.375 e. The molecule has 0 aliphatic rings. The summed E-state index contributed by atoms with van der Waals surface area (Å²) in [6.07, 6.45) is 0. The zero-order valence-electron chi connectivity index (χ0n) is 9.17. The topological polar surface area (TPSA) is 111 Å². The zero-order chi connectivity index (χ0) is 14.2. The number of hydrogen-bond acceptors (Lipinski definition) is 5. The maximum absolute atomic E-state index is 11.8. The molecule has 0 spiro atoms. The quantitative estimate of drug-likeness (QED) is 0.862. The Hall–Kier alpha value is -2.12. The second kappa shape index (κ2) is 4.87. The first-order valence-electron chi connectivity index (χ1n) is 4.85. The second-order valence-electron chi connectivity index (χ2n) is 3.44. The average Bonchev–Trinajstić information content (AvgIpc) is 2.35. The van der Waals surface area contributed by atoms with Crippen LogP contribution in [0.25, 0.3) is 5.69 Å². The third-order valence-corrected chi connectivity index (χ3v) is 2.91. The SMILES string of the molecule is Nc1nc(C(=O)O)nn(-c2ccc(Cl)c(Cl)c2)c1=O. The van der Waals surface area contributed by atoms with Crippen molar-refractivity contribution in [3.63, 3.8) is 0 Å². The van der Waals surface area contributed by atoms with Crippen molar-refractivity contribution in [2.75, 3.05) is 5.73 Å². The number of benzene rings is 1. The Balaban J connectivity index is 2.70. The van der Waals surface area contributed by atoms with E-state index in [4.69, 9.17) is 34.0 Å². The van der Waals surface area contributed by atoms with Crippen LogP contribution in [0, 0.1) is 0 Å². The molecule has 9 heteroatoms. The van der Waals surface area contributed by atoms with E-state index in [0.29, 0.717) is 5.02 Å². The van der Waals surface area contributed by atoms with Gasteiger partial charge in [-0.05, 0) is 18.2 Å². The predicted molar refractivity (Wildman–Crippen MR) is 69.0 cm³/mol. The number of nitrogens with two attached hydrogens (primary N) is 1. The van der Waals surface area contributed by atoms with Crippen LogP contribution in [0.1, 0.15) is 10.6 Å². The molecule has 2 rings (SSSR count). The van der Waals surface area contributed by atoms with Gasteiger partial charge in [-0.3, -0.25) is 4.79 Å². The molecule has 2 aromatic rings. The van der Waals surface area contributed by atoms with Gasteiger partial charge >= 0.3 is 11.5 Å². The predicted octanol–water partition coefficient (Wildman–Crippen LogP) is 1.21. The van der Waals surface area contributed by atoms with Gasteiger partial charge in [0, 0.05) is 0 Å². The van der Waals surface area contributed by atoms with Crippen LogP contribution < -0.4 is 11.3 Å². The number of halogens is 2. The molecule has 3 N–H and O–H groups in total. The lowest BCUT2D eigenvalue weighted by Crippen LogP contribution is -2.28. The first-order valence-corrected chi connectivity index (χ1v) is 5.61. The molecule has 0 amide bonds. The van der Waals surface area contributed by atoms with E-state index in [0.717, 1.165) is 4.68 Å². The molecule has 0 saturated heterocycles. The van der Waals surface area contributed by atoms with Gasteiger partial charge in [-0.25, -0.2) is 4.79 Å². The number of carbonyl (C=O) groups is 1. The van der Waals surface area contributed by atoms with Crippen molar-refractivity contribution in [3.05, 3.63) is 44.4 Å². The lowest BCUT2D eigenvalue weighted by molar-refractivity contribution is 0.0681. The van der Waals surface area contributed by atoms with Crippen molar-refractivity contribution in [2.24, 2.45) is 0 Å². The summed E-state index contributed by atoms with van der Waals surface area (Å²) < 4.78 is 0.800. The number of aromatic carboxylic acids is 1. The second-order valence-corrected chi connectivity index (χ2v) is 4.26. The number of nitrogen functional groups attached to an aromatic ring is 1. The minimum absolute atomic E-state index is 0.195. The molecule has 0 fully saturated rings. The van der Waals surface area contributed by atoms with Gasteiger partial charge in [0.2, 0.25) is 0 Å². The molecule has 19 heavy (non-hydrogen) atoms. The highest BCUT2D eigenvalue weighted by Gasteiger charge is 2.14. The Morgan fingerprint density at radius 2 is 2.00 bits per heavy atom. The molecule has 1 aromatic carbocycles. The molecule has 0 atom stereocenters. The Morgan fingerprint density at radius 3 is 2.58 bits per heavy atom. The van der Waals surface area contributed by atoms with Gasteiger partial charge in [-0.2, -0.15) is 9.67 Å². The van der Waals surface area contributed by atoms with E-state index in [1.165, 1.54) is 18.2 Å². The zero-order valence-corrected chi connectivity index (χ0v) is 10.7. The highest BCUT2D eigenvalue weighted by atomic mass is 35.5. The molecule has 98 valence electrons. The molecule has 7 nitrogen and oxygen atoms in total. The first kappa shape index (κ1) is 13.3. The van der Waals surface area contributed by atoms with Crippen LogP contribution in [0.15, 0.2) is 23.0 Å². The summed E-state index contributed by atoms with van der Waals surface area (Å²) >= 11 is 11.6. The van der Waals surface area contributed by atoms with Gasteiger partial charge in [-0.1, -0.05) is 23.2 Å². The Labute approximate surface area is 116 Å². The summed E-state index contributed by atoms with van der Waals surface area (Å²) in [5, 5.41) is 12.9. The standard InChI is InChI=1S/C10H6Cl2N4O3/c11-5-2-1-4(3-6(5)12)16-9(17)7(13)14-8(15-16)10(18)19/h1-3H,(H,18,19)(H2,13,14,15). The number of nitrogens with zero attached hydrogens (tertiary/aromatic N) is 3. The van der Waals surface area contributed by atoms with Gasteiger partial charge in [-0.15, -0.1) is 5.10 Å². The Morgan fingerprint density at radius 1 is 1.32 bits per heavy atom. The van der Waals surface area contributed by atoms with Crippen molar-refractivity contribution in [2.45, 2.75) is 0 Å². The van der Waals surface area contributed by atoms with Crippen LogP contribution >= 0.6 is 23.2 Å². The van der Waals surface area contributed by atoms with Crippen molar-refractivity contribution < 1.29 is 9.90 Å². The van der Waals surface area contributed by atoms with Gasteiger partial charge in [0.25, 0.3) is 5.82 Å². The minimum Gasteiger partial charge on any atom is -0.475 e. The number of hydrogen-bond donors (Lipinski definition) is 2. The molecule has 0 aliphatic carbocycles. The third-order valence-electron chi connectivity index (χ3n) is 2.17. The fraction of sp³-hybridized carbons (Fsp3) is 0. The van der Waals surface area contributed by atoms with Crippen LogP contribution in [0.4, 0.5) is 5.82 Å². The average molecular weight is 301 g/mol. The van der Waals surface area contributed by atoms with E-state index in [1.54, 1.807) is 0 Å². The summed E-state index contributed by atoms with van der Waals surface area (Å²) in [6, 6.07) is 4.27. The van der Waals surface area contributed by atoms with E-state index in [-0.39, 0.29) is 10.7 Å². The number of carboxylic acids is 1. The largest absolute Gasteiger partial charge is 0.475 e. The molecule has 1 heterocycles. The molecule has 0 unspecified atom stereocenters. The smallest absolute Gasteiger partial charge is 0.375 e. The summed E-state index contributed by atoms with van der Waals surface area (Å²) in [4.78, 5) is 26.0. The van der Waals surface area contributed by atoms with Crippen LogP contribution in [0.2, 0.25) is 10.0 Å². The van der Waals surface area contributed by atoms with E-state index in [9.17, 15) is 9.59 Å². The fourth-order valence-corrected chi connectivity index (χ4v) is 1.61. The molecular weight excluding hydrogens is 295 g/mol. The van der Waals surface area contributed by atoms with Gasteiger partial charge in [0.1, 0.15) is 0 Å². The van der Waals surface area contributed by atoms with Crippen LogP contribution in [0.3, 0.4) is 0 Å². The van der Waals surface area contributed by atoms with E-state index in [1.807, 2.05) is 0 Å². The Kier molecular flexibility index (Phi) is 3.41. The van der Waals surface area contributed by atoms with E-state index < -0.39 is 23.2 Å². The van der Waals surface area contributed by atoms with Crippen molar-refractivity contribution in [1.29, 1.82) is 0 Å². The highest BCUT2D eigenvalue weighted by Crippen LogP contribution is 2.23. The molecule has 1 aromatic heterocycles. The Bertz CT molecular complexity index is 729. The van der Waals surface area contributed by atoms with Gasteiger partial charge < -0.3 is 10.8 Å². The highest BCUT2D eigenvalue weighted by molar-refractivity contribution is 6.42. The number of rotatable bonds is 2. The lowest BCUT2D eigenvalue weighted by atomic mass is 10.3. The third kappa shape index (κ3) is 2.51. The number of anilines is 1. The maximum atomic E-state index is 11.8. The van der Waals surface area contributed by atoms with E-state index in [2.05, 4.69) is 10.1 Å². The van der Waals surface area contributed by atoms with Crippen molar-refractivity contribution >= 4 is 35.0 Å².